The largest absolute Gasteiger partial charge is 0.393 e. The summed E-state index contributed by atoms with van der Waals surface area (Å²) < 4.78 is 0. The van der Waals surface area contributed by atoms with Gasteiger partial charge in [0.2, 0.25) is 0 Å². The second-order valence-corrected chi connectivity index (χ2v) is 10.1. The van der Waals surface area contributed by atoms with Crippen LogP contribution in [0.2, 0.25) is 0 Å². The van der Waals surface area contributed by atoms with Crippen molar-refractivity contribution in [3.8, 4) is 0 Å². The summed E-state index contributed by atoms with van der Waals surface area (Å²) in [6.45, 7) is 5.36. The van der Waals surface area contributed by atoms with E-state index in [1.54, 1.807) is 0 Å². The normalized spacial score (nSPS) is 51.9. The molecule has 0 radical (unpaired) electrons. The molecule has 0 aromatic rings. The Morgan fingerprint density at radius 2 is 2.00 bits per heavy atom. The number of rotatable bonds is 2. The minimum Gasteiger partial charge on any atom is -0.393 e. The fraction of sp³-hybridized carbons (Fsp3) is 0.818. The molecule has 3 saturated carbocycles. The molecular formula is C22H32O5. The van der Waals surface area contributed by atoms with Crippen LogP contribution in [-0.4, -0.2) is 45.2 Å². The van der Waals surface area contributed by atoms with Gasteiger partial charge in [-0.3, -0.25) is 9.59 Å². The van der Waals surface area contributed by atoms with Crippen LogP contribution in [0.4, 0.5) is 0 Å². The Morgan fingerprint density at radius 3 is 2.67 bits per heavy atom. The van der Waals surface area contributed by atoms with Gasteiger partial charge in [0, 0.05) is 11.8 Å². The number of allylic oxidation sites excluding steroid dienone is 1. The Hall–Kier alpha value is -1.04. The minimum absolute atomic E-state index is 0.0578. The SMILES string of the molecule is CC1C[C@H]2[C@@H]3CCC4=CC(=O)CC[C@]4(C)[C@H]3[C@H](O)C[C@]2(C)[C@@]1(O)C(=O)CO. The summed E-state index contributed by atoms with van der Waals surface area (Å²) in [7, 11) is 0. The van der Waals surface area contributed by atoms with Crippen molar-refractivity contribution in [1.82, 2.24) is 0 Å². The molecule has 27 heavy (non-hydrogen) atoms. The molecular weight excluding hydrogens is 344 g/mol. The number of carbonyl (C=O) groups is 2. The number of carbonyl (C=O) groups excluding carboxylic acids is 2. The first-order valence-corrected chi connectivity index (χ1v) is 10.4. The lowest BCUT2D eigenvalue weighted by Crippen LogP contribution is -2.63. The second kappa shape index (κ2) is 5.98. The average Bonchev–Trinajstić information content (AvgIpc) is 2.82. The Kier molecular flexibility index (Phi) is 4.27. The van der Waals surface area contributed by atoms with Crippen LogP contribution >= 0.6 is 0 Å². The zero-order valence-corrected chi connectivity index (χ0v) is 16.6. The number of Topliss-reactive ketones (excluding diaryl/α,β-unsaturated/α-hetero) is 1. The molecule has 5 heteroatoms. The molecule has 0 bridgehead atoms. The molecule has 0 aromatic carbocycles. The maximum atomic E-state index is 12.6. The molecule has 150 valence electrons. The van der Waals surface area contributed by atoms with E-state index in [0.29, 0.717) is 12.8 Å². The summed E-state index contributed by atoms with van der Waals surface area (Å²) in [4.78, 5) is 24.5. The Bertz CT molecular complexity index is 713. The lowest BCUT2D eigenvalue weighted by atomic mass is 9.45. The fourth-order valence-electron chi connectivity index (χ4n) is 7.74. The van der Waals surface area contributed by atoms with E-state index in [0.717, 1.165) is 25.7 Å². The lowest BCUT2D eigenvalue weighted by molar-refractivity contribution is -0.187. The van der Waals surface area contributed by atoms with Gasteiger partial charge in [0.15, 0.2) is 11.6 Å². The number of aliphatic hydroxyl groups excluding tert-OH is 2. The molecule has 3 fully saturated rings. The summed E-state index contributed by atoms with van der Waals surface area (Å²) in [5.41, 5.74) is -1.31. The monoisotopic (exact) mass is 376 g/mol. The van der Waals surface area contributed by atoms with Crippen LogP contribution in [-0.2, 0) is 9.59 Å². The van der Waals surface area contributed by atoms with Gasteiger partial charge in [-0.2, -0.15) is 0 Å². The highest BCUT2D eigenvalue weighted by atomic mass is 16.3. The molecule has 0 spiro atoms. The Labute approximate surface area is 160 Å². The minimum atomic E-state index is -1.59. The molecule has 4 aliphatic rings. The maximum Gasteiger partial charge on any atom is 0.190 e. The van der Waals surface area contributed by atoms with Gasteiger partial charge < -0.3 is 15.3 Å². The van der Waals surface area contributed by atoms with E-state index >= 15 is 0 Å². The third-order valence-corrected chi connectivity index (χ3v) is 9.05. The predicted octanol–water partition coefficient (Wildman–Crippen LogP) is 2.03. The van der Waals surface area contributed by atoms with Gasteiger partial charge in [-0.1, -0.05) is 26.3 Å². The average molecular weight is 376 g/mol. The van der Waals surface area contributed by atoms with Crippen molar-refractivity contribution >= 4 is 11.6 Å². The van der Waals surface area contributed by atoms with Gasteiger partial charge in [0.1, 0.15) is 12.2 Å². The smallest absolute Gasteiger partial charge is 0.190 e. The third-order valence-electron chi connectivity index (χ3n) is 9.05. The van der Waals surface area contributed by atoms with Crippen LogP contribution in [0.3, 0.4) is 0 Å². The van der Waals surface area contributed by atoms with E-state index in [-0.39, 0.29) is 34.9 Å². The Morgan fingerprint density at radius 1 is 1.30 bits per heavy atom. The lowest BCUT2D eigenvalue weighted by Gasteiger charge is -2.60. The van der Waals surface area contributed by atoms with Gasteiger partial charge >= 0.3 is 0 Å². The van der Waals surface area contributed by atoms with Crippen LogP contribution in [0.5, 0.6) is 0 Å². The third kappa shape index (κ3) is 2.28. The quantitative estimate of drug-likeness (QED) is 0.685. The summed E-state index contributed by atoms with van der Waals surface area (Å²) in [6.07, 6.45) is 5.32. The van der Waals surface area contributed by atoms with Crippen molar-refractivity contribution in [2.24, 2.45) is 34.5 Å². The van der Waals surface area contributed by atoms with E-state index in [4.69, 9.17) is 0 Å². The van der Waals surface area contributed by atoms with Gasteiger partial charge in [0.05, 0.1) is 6.10 Å². The second-order valence-electron chi connectivity index (χ2n) is 10.1. The fourth-order valence-corrected chi connectivity index (χ4v) is 7.74. The summed E-state index contributed by atoms with van der Waals surface area (Å²) in [5.74, 6) is -0.155. The van der Waals surface area contributed by atoms with Crippen LogP contribution in [0.25, 0.3) is 0 Å². The summed E-state index contributed by atoms with van der Waals surface area (Å²) >= 11 is 0. The molecule has 0 aliphatic heterocycles. The molecule has 0 heterocycles. The van der Waals surface area contributed by atoms with E-state index in [1.807, 2.05) is 19.9 Å². The number of ketones is 2. The molecule has 4 rings (SSSR count). The van der Waals surface area contributed by atoms with E-state index in [1.165, 1.54) is 5.57 Å². The van der Waals surface area contributed by atoms with Crippen LogP contribution in [0.15, 0.2) is 11.6 Å². The molecule has 1 unspecified atom stereocenters. The highest BCUT2D eigenvalue weighted by molar-refractivity contribution is 5.92. The molecule has 0 aromatic heterocycles. The van der Waals surface area contributed by atoms with E-state index in [9.17, 15) is 24.9 Å². The van der Waals surface area contributed by atoms with Gasteiger partial charge in [-0.25, -0.2) is 0 Å². The predicted molar refractivity (Wildman–Crippen MR) is 99.7 cm³/mol. The molecule has 0 amide bonds. The van der Waals surface area contributed by atoms with E-state index in [2.05, 4.69) is 6.92 Å². The first-order valence-electron chi connectivity index (χ1n) is 10.4. The molecule has 0 saturated heterocycles. The van der Waals surface area contributed by atoms with Crippen molar-refractivity contribution in [3.63, 3.8) is 0 Å². The molecule has 4 aliphatic carbocycles. The van der Waals surface area contributed by atoms with Crippen LogP contribution in [0.1, 0.15) is 59.3 Å². The van der Waals surface area contributed by atoms with Crippen molar-refractivity contribution in [2.75, 3.05) is 6.61 Å². The first kappa shape index (κ1) is 19.3. The number of fused-ring (bicyclic) bond motifs is 5. The standard InChI is InChI=1S/C22H32O5/c1-12-8-16-15-5-4-13-9-14(24)6-7-20(13,2)19(15)17(25)10-21(16,3)22(12,27)18(26)11-23/h9,12,15-17,19,23,25,27H,4-8,10-11H2,1-3H3/t12?,15-,16-,17+,19+,20-,21-,22-/m0/s1. The molecule has 5 nitrogen and oxygen atoms in total. The highest BCUT2D eigenvalue weighted by Crippen LogP contribution is 2.68. The Balaban J connectivity index is 1.77. The topological polar surface area (TPSA) is 94.8 Å². The number of hydrogen-bond donors (Lipinski definition) is 3. The zero-order chi connectivity index (χ0) is 19.8. The van der Waals surface area contributed by atoms with Crippen molar-refractivity contribution in [3.05, 3.63) is 11.6 Å². The van der Waals surface area contributed by atoms with Gasteiger partial charge in [-0.15, -0.1) is 0 Å². The van der Waals surface area contributed by atoms with Crippen LogP contribution in [0, 0.1) is 34.5 Å². The van der Waals surface area contributed by atoms with Crippen molar-refractivity contribution in [1.29, 1.82) is 0 Å². The van der Waals surface area contributed by atoms with Crippen LogP contribution < -0.4 is 0 Å². The first-order chi connectivity index (χ1) is 12.6. The van der Waals surface area contributed by atoms with Gasteiger partial charge in [0.25, 0.3) is 0 Å². The summed E-state index contributed by atoms with van der Waals surface area (Å²) in [6, 6.07) is 0. The summed E-state index contributed by atoms with van der Waals surface area (Å²) in [5, 5.41) is 32.2. The highest BCUT2D eigenvalue weighted by Gasteiger charge is 2.70. The number of aliphatic hydroxyl groups is 3. The zero-order valence-electron chi connectivity index (χ0n) is 16.6. The van der Waals surface area contributed by atoms with Gasteiger partial charge in [-0.05, 0) is 67.3 Å². The number of hydrogen-bond acceptors (Lipinski definition) is 5. The molecule has 8 atom stereocenters. The maximum absolute atomic E-state index is 12.6. The van der Waals surface area contributed by atoms with E-state index < -0.39 is 29.5 Å². The molecule has 3 N–H and O–H groups in total. The van der Waals surface area contributed by atoms with Crippen molar-refractivity contribution < 1.29 is 24.9 Å². The van der Waals surface area contributed by atoms with Crippen molar-refractivity contribution in [2.45, 2.75) is 71.0 Å².